The summed E-state index contributed by atoms with van der Waals surface area (Å²) in [4.78, 5) is 37.8. The van der Waals surface area contributed by atoms with E-state index in [-0.39, 0.29) is 22.2 Å². The number of nitrogens with zero attached hydrogens (tertiary/aromatic N) is 2. The lowest BCUT2D eigenvalue weighted by Gasteiger charge is -2.07. The Labute approximate surface area is 171 Å². The number of carbonyl (C=O) groups excluding carboxylic acids is 1. The van der Waals surface area contributed by atoms with Gasteiger partial charge in [0.15, 0.2) is 5.43 Å². The van der Waals surface area contributed by atoms with Crippen molar-refractivity contribution in [1.82, 2.24) is 9.36 Å². The molecular formula is C23H19N3O4. The monoisotopic (exact) mass is 401 g/mol. The molecule has 7 heteroatoms. The third-order valence-corrected chi connectivity index (χ3v) is 4.92. The minimum absolute atomic E-state index is 0.182. The Morgan fingerprint density at radius 2 is 1.73 bits per heavy atom. The van der Waals surface area contributed by atoms with E-state index < -0.39 is 5.91 Å². The second-order valence-electron chi connectivity index (χ2n) is 6.78. The number of aromatic nitrogens is 2. The molecule has 2 aromatic carbocycles. The Balaban J connectivity index is 1.62. The molecule has 30 heavy (non-hydrogen) atoms. The van der Waals surface area contributed by atoms with E-state index >= 15 is 0 Å². The Morgan fingerprint density at radius 1 is 1.03 bits per heavy atom. The van der Waals surface area contributed by atoms with Crippen LogP contribution in [0.4, 0.5) is 5.69 Å². The molecule has 0 aliphatic rings. The van der Waals surface area contributed by atoms with Crippen molar-refractivity contribution in [2.24, 2.45) is 7.05 Å². The van der Waals surface area contributed by atoms with E-state index in [9.17, 15) is 14.4 Å². The van der Waals surface area contributed by atoms with Crippen molar-refractivity contribution in [1.29, 1.82) is 0 Å². The molecule has 0 saturated heterocycles. The summed E-state index contributed by atoms with van der Waals surface area (Å²) in [5.41, 5.74) is 1.63. The van der Waals surface area contributed by atoms with E-state index in [1.165, 1.54) is 23.1 Å². The van der Waals surface area contributed by atoms with Gasteiger partial charge >= 0.3 is 0 Å². The molecule has 0 aliphatic carbocycles. The Hall–Kier alpha value is -4.13. The van der Waals surface area contributed by atoms with Gasteiger partial charge in [0.2, 0.25) is 5.91 Å². The van der Waals surface area contributed by atoms with Crippen LogP contribution in [-0.2, 0) is 11.8 Å². The summed E-state index contributed by atoms with van der Waals surface area (Å²) in [5.74, 6) is -0.520. The molecule has 0 aliphatic heterocycles. The zero-order valence-corrected chi connectivity index (χ0v) is 16.5. The van der Waals surface area contributed by atoms with Crippen LogP contribution < -0.4 is 16.3 Å². The highest BCUT2D eigenvalue weighted by Crippen LogP contribution is 2.14. The number of hydrogen-bond acceptors (Lipinski definition) is 4. The highest BCUT2D eigenvalue weighted by Gasteiger charge is 2.17. The minimum atomic E-state index is -0.520. The summed E-state index contributed by atoms with van der Waals surface area (Å²) in [5, 5.41) is 3.06. The molecule has 0 unspecified atom stereocenters. The van der Waals surface area contributed by atoms with Crippen LogP contribution in [-0.4, -0.2) is 15.3 Å². The van der Waals surface area contributed by atoms with Gasteiger partial charge in [-0.2, -0.15) is 0 Å². The number of amides is 1. The average molecular weight is 401 g/mol. The van der Waals surface area contributed by atoms with Crippen molar-refractivity contribution in [2.75, 3.05) is 5.32 Å². The van der Waals surface area contributed by atoms with Crippen molar-refractivity contribution in [2.45, 2.75) is 6.92 Å². The number of anilines is 1. The number of nitrogens with one attached hydrogen (secondary N) is 1. The standard InChI is InChI=1S/C23H19N3O4/c1-15-21(23(29)26(25(15)2)17-8-4-3-5-9-17)24-20(27)13-12-16-14-30-19-11-7-6-10-18(19)22(16)28/h3-14H,1-2H3,(H,24,27)/b13-12+. The maximum absolute atomic E-state index is 12.9. The third kappa shape index (κ3) is 3.37. The largest absolute Gasteiger partial charge is 0.463 e. The van der Waals surface area contributed by atoms with Crippen molar-refractivity contribution < 1.29 is 9.21 Å². The SMILES string of the molecule is Cc1c(NC(=O)/C=C/c2coc3ccccc3c2=O)c(=O)n(-c2ccccc2)n1C. The molecule has 150 valence electrons. The Morgan fingerprint density at radius 3 is 2.50 bits per heavy atom. The third-order valence-electron chi connectivity index (χ3n) is 4.92. The number of fused-ring (bicyclic) bond motifs is 1. The number of benzene rings is 2. The van der Waals surface area contributed by atoms with E-state index in [4.69, 9.17) is 4.42 Å². The maximum atomic E-state index is 12.9. The first kappa shape index (κ1) is 19.2. The Bertz CT molecular complexity index is 1390. The molecular weight excluding hydrogens is 382 g/mol. The molecule has 0 bridgehead atoms. The van der Waals surface area contributed by atoms with Crippen LogP contribution in [0.5, 0.6) is 0 Å². The minimum Gasteiger partial charge on any atom is -0.463 e. The lowest BCUT2D eigenvalue weighted by atomic mass is 10.1. The first-order valence-corrected chi connectivity index (χ1v) is 9.31. The molecule has 2 aromatic heterocycles. The van der Waals surface area contributed by atoms with Crippen LogP contribution in [0.2, 0.25) is 0 Å². The topological polar surface area (TPSA) is 86.2 Å². The van der Waals surface area contributed by atoms with Gasteiger partial charge in [0.1, 0.15) is 17.5 Å². The van der Waals surface area contributed by atoms with Crippen molar-refractivity contribution in [3.63, 3.8) is 0 Å². The summed E-state index contributed by atoms with van der Waals surface area (Å²) >= 11 is 0. The van der Waals surface area contributed by atoms with Gasteiger partial charge < -0.3 is 9.73 Å². The summed E-state index contributed by atoms with van der Waals surface area (Å²) < 4.78 is 8.60. The average Bonchev–Trinajstić information content (AvgIpc) is 2.97. The van der Waals surface area contributed by atoms with Crippen LogP contribution in [0.25, 0.3) is 22.7 Å². The fourth-order valence-electron chi connectivity index (χ4n) is 3.25. The first-order chi connectivity index (χ1) is 14.5. The molecule has 4 aromatic rings. The molecule has 0 radical (unpaired) electrons. The van der Waals surface area contributed by atoms with Crippen LogP contribution >= 0.6 is 0 Å². The smallest absolute Gasteiger partial charge is 0.295 e. The van der Waals surface area contributed by atoms with Crippen molar-refractivity contribution in [3.05, 3.63) is 98.8 Å². The summed E-state index contributed by atoms with van der Waals surface area (Å²) in [7, 11) is 1.75. The molecule has 0 atom stereocenters. The number of carbonyl (C=O) groups is 1. The summed E-state index contributed by atoms with van der Waals surface area (Å²) in [6.45, 7) is 1.75. The second kappa shape index (κ2) is 7.71. The zero-order chi connectivity index (χ0) is 21.3. The maximum Gasteiger partial charge on any atom is 0.295 e. The highest BCUT2D eigenvalue weighted by molar-refractivity contribution is 6.02. The van der Waals surface area contributed by atoms with Gasteiger partial charge in [0.05, 0.1) is 22.3 Å². The molecule has 7 nitrogen and oxygen atoms in total. The van der Waals surface area contributed by atoms with Gasteiger partial charge in [-0.15, -0.1) is 0 Å². The quantitative estimate of drug-likeness (QED) is 0.532. The molecule has 0 fully saturated rings. The Kier molecular flexibility index (Phi) is 4.93. The fourth-order valence-corrected chi connectivity index (χ4v) is 3.25. The lowest BCUT2D eigenvalue weighted by Crippen LogP contribution is -2.22. The molecule has 1 amide bonds. The van der Waals surface area contributed by atoms with E-state index in [0.717, 1.165) is 0 Å². The molecule has 1 N–H and O–H groups in total. The normalized spacial score (nSPS) is 11.3. The van der Waals surface area contributed by atoms with Gasteiger partial charge in [-0.25, -0.2) is 4.68 Å². The van der Waals surface area contributed by atoms with Gasteiger partial charge in [-0.1, -0.05) is 30.3 Å². The predicted octanol–water partition coefficient (Wildman–Crippen LogP) is 3.24. The van der Waals surface area contributed by atoms with Crippen molar-refractivity contribution in [3.8, 4) is 5.69 Å². The van der Waals surface area contributed by atoms with E-state index in [2.05, 4.69) is 5.32 Å². The van der Waals surface area contributed by atoms with Crippen molar-refractivity contribution >= 4 is 28.6 Å². The molecule has 0 spiro atoms. The fraction of sp³-hybridized carbons (Fsp3) is 0.0870. The van der Waals surface area contributed by atoms with E-state index in [1.54, 1.807) is 42.9 Å². The van der Waals surface area contributed by atoms with Gasteiger partial charge in [-0.05, 0) is 37.3 Å². The number of rotatable bonds is 4. The van der Waals surface area contributed by atoms with Crippen LogP contribution in [0.3, 0.4) is 0 Å². The molecule has 0 saturated carbocycles. The molecule has 4 rings (SSSR count). The van der Waals surface area contributed by atoms with E-state index in [1.807, 2.05) is 30.3 Å². The zero-order valence-electron chi connectivity index (χ0n) is 16.5. The predicted molar refractivity (Wildman–Crippen MR) is 116 cm³/mol. The van der Waals surface area contributed by atoms with Crippen LogP contribution in [0.1, 0.15) is 11.3 Å². The summed E-state index contributed by atoms with van der Waals surface area (Å²) in [6.07, 6.45) is 3.89. The highest BCUT2D eigenvalue weighted by atomic mass is 16.3. The lowest BCUT2D eigenvalue weighted by molar-refractivity contribution is -0.111. The summed E-state index contributed by atoms with van der Waals surface area (Å²) in [6, 6.07) is 16.0. The number of hydrogen-bond donors (Lipinski definition) is 1. The van der Waals surface area contributed by atoms with Gasteiger partial charge in [0.25, 0.3) is 5.56 Å². The van der Waals surface area contributed by atoms with Crippen LogP contribution in [0, 0.1) is 6.92 Å². The number of para-hydroxylation sites is 2. The first-order valence-electron chi connectivity index (χ1n) is 9.31. The second-order valence-corrected chi connectivity index (χ2v) is 6.78. The molecule has 2 heterocycles. The van der Waals surface area contributed by atoms with E-state index in [0.29, 0.717) is 22.4 Å². The van der Waals surface area contributed by atoms with Gasteiger partial charge in [0, 0.05) is 13.1 Å². The van der Waals surface area contributed by atoms with Gasteiger partial charge in [-0.3, -0.25) is 19.1 Å². The van der Waals surface area contributed by atoms with Crippen LogP contribution in [0.15, 0.2) is 80.9 Å².